The highest BCUT2D eigenvalue weighted by atomic mass is 31.1. The molecule has 1 aromatic rings. The van der Waals surface area contributed by atoms with Gasteiger partial charge < -0.3 is 0 Å². The van der Waals surface area contributed by atoms with Crippen molar-refractivity contribution in [1.29, 1.82) is 0 Å². The fraction of sp³-hybridized carbons (Fsp3) is 0.294. The van der Waals surface area contributed by atoms with Gasteiger partial charge in [0.1, 0.15) is 0 Å². The van der Waals surface area contributed by atoms with Crippen LogP contribution in [0.4, 0.5) is 0 Å². The van der Waals surface area contributed by atoms with Crippen LogP contribution in [0.15, 0.2) is 58.9 Å². The van der Waals surface area contributed by atoms with Crippen LogP contribution >= 0.6 is 8.58 Å². The monoisotopic (exact) mass is 257 g/mol. The quantitative estimate of drug-likeness (QED) is 0.656. The fourth-order valence-electron chi connectivity index (χ4n) is 2.21. The largest absolute Gasteiger partial charge is 0.0918 e. The molecule has 0 saturated carbocycles. The minimum Gasteiger partial charge on any atom is -0.0762 e. The Bertz CT molecular complexity index is 478. The van der Waals surface area contributed by atoms with Crippen molar-refractivity contribution in [2.75, 3.05) is 6.16 Å². The van der Waals surface area contributed by atoms with E-state index in [-0.39, 0.29) is 0 Å². The van der Waals surface area contributed by atoms with Crippen molar-refractivity contribution in [3.8, 4) is 0 Å². The summed E-state index contributed by atoms with van der Waals surface area (Å²) in [5.74, 6) is 0. The first-order valence-corrected chi connectivity index (χ1v) is 8.17. The molecule has 0 saturated heterocycles. The highest BCUT2D eigenvalue weighted by Crippen LogP contribution is 2.36. The highest BCUT2D eigenvalue weighted by Gasteiger charge is 2.13. The van der Waals surface area contributed by atoms with Gasteiger partial charge in [-0.05, 0) is 42.6 Å². The summed E-state index contributed by atoms with van der Waals surface area (Å²) in [6, 6.07) is 10.6. The van der Waals surface area contributed by atoms with Crippen molar-refractivity contribution in [1.82, 2.24) is 0 Å². The molecule has 1 aromatic carbocycles. The third-order valence-corrected chi connectivity index (χ3v) is 5.27. The number of rotatable bonds is 4. The van der Waals surface area contributed by atoms with Crippen molar-refractivity contribution in [3.63, 3.8) is 0 Å². The zero-order chi connectivity index (χ0) is 12.8. The first-order valence-electron chi connectivity index (χ1n) is 6.78. The van der Waals surface area contributed by atoms with Gasteiger partial charge in [0.15, 0.2) is 0 Å². The van der Waals surface area contributed by atoms with E-state index in [0.29, 0.717) is 8.58 Å². The van der Waals surface area contributed by atoms with Crippen molar-refractivity contribution in [3.05, 3.63) is 64.5 Å². The standard InChI is InChI=1S/C17H21P/c1-3-12-18-17-11-7-10-16(14(17)2)13-15-8-5-4-6-9-15/h4-9,11,13,18H,3,10,12H2,1-2H3/p+1. The molecule has 0 nitrogen and oxygen atoms in total. The van der Waals surface area contributed by atoms with E-state index in [1.54, 1.807) is 5.31 Å². The van der Waals surface area contributed by atoms with Crippen LogP contribution in [-0.4, -0.2) is 6.16 Å². The minimum absolute atomic E-state index is 0.455. The maximum absolute atomic E-state index is 2.35. The Hall–Kier alpha value is -1.13. The third kappa shape index (κ3) is 3.43. The number of hydrogen-bond donors (Lipinski definition) is 0. The van der Waals surface area contributed by atoms with Crippen LogP contribution in [0.1, 0.15) is 32.3 Å². The maximum atomic E-state index is 2.35. The minimum atomic E-state index is 0.455. The van der Waals surface area contributed by atoms with Crippen molar-refractivity contribution >= 4 is 14.7 Å². The SMILES string of the molecule is CCC[PH2+]C1=C(C)C(=Cc2ccccc2)CC=C1. The Morgan fingerprint density at radius 1 is 1.22 bits per heavy atom. The molecule has 1 aliphatic carbocycles. The van der Waals surface area contributed by atoms with Gasteiger partial charge in [0.05, 0.1) is 11.5 Å². The van der Waals surface area contributed by atoms with E-state index in [0.717, 1.165) is 6.42 Å². The van der Waals surface area contributed by atoms with Crippen molar-refractivity contribution < 1.29 is 0 Å². The van der Waals surface area contributed by atoms with Gasteiger partial charge in [0.2, 0.25) is 0 Å². The Kier molecular flexibility index (Phi) is 4.96. The average Bonchev–Trinajstić information content (AvgIpc) is 2.41. The summed E-state index contributed by atoms with van der Waals surface area (Å²) < 4.78 is 0. The van der Waals surface area contributed by atoms with Crippen molar-refractivity contribution in [2.45, 2.75) is 26.7 Å². The van der Waals surface area contributed by atoms with Gasteiger partial charge in [-0.1, -0.05) is 49.4 Å². The molecule has 2 rings (SSSR count). The van der Waals surface area contributed by atoms with Gasteiger partial charge >= 0.3 is 0 Å². The van der Waals surface area contributed by atoms with E-state index in [2.05, 4.69) is 62.4 Å². The maximum Gasteiger partial charge on any atom is 0.0918 e. The first-order chi connectivity index (χ1) is 8.81. The summed E-state index contributed by atoms with van der Waals surface area (Å²) in [6.45, 7) is 4.56. The molecule has 1 atom stereocenters. The zero-order valence-corrected chi connectivity index (χ0v) is 12.5. The number of benzene rings is 1. The van der Waals surface area contributed by atoms with Gasteiger partial charge in [-0.15, -0.1) is 0 Å². The van der Waals surface area contributed by atoms with Gasteiger partial charge in [-0.3, -0.25) is 0 Å². The molecular weight excluding hydrogens is 235 g/mol. The van der Waals surface area contributed by atoms with Gasteiger partial charge in [0.25, 0.3) is 0 Å². The molecule has 1 unspecified atom stereocenters. The predicted octanol–water partition coefficient (Wildman–Crippen LogP) is 5.12. The molecule has 0 radical (unpaired) electrons. The molecule has 1 heteroatoms. The zero-order valence-electron chi connectivity index (χ0n) is 11.3. The highest BCUT2D eigenvalue weighted by molar-refractivity contribution is 7.43. The lowest BCUT2D eigenvalue weighted by molar-refractivity contribution is 1.10. The molecule has 0 aromatic heterocycles. The van der Waals surface area contributed by atoms with Gasteiger partial charge in [-0.2, -0.15) is 0 Å². The van der Waals surface area contributed by atoms with E-state index in [1.807, 2.05) is 0 Å². The first kappa shape index (κ1) is 13.3. The molecular formula is C17H22P+. The summed E-state index contributed by atoms with van der Waals surface area (Å²) in [5.41, 5.74) is 4.32. The van der Waals surface area contributed by atoms with Gasteiger partial charge in [0, 0.05) is 8.58 Å². The normalized spacial score (nSPS) is 18.2. The van der Waals surface area contributed by atoms with Crippen LogP contribution in [0.3, 0.4) is 0 Å². The second-order valence-electron chi connectivity index (χ2n) is 4.76. The molecule has 0 bridgehead atoms. The Balaban J connectivity index is 2.22. The van der Waals surface area contributed by atoms with E-state index < -0.39 is 0 Å². The Morgan fingerprint density at radius 2 is 2.00 bits per heavy atom. The summed E-state index contributed by atoms with van der Waals surface area (Å²) in [7, 11) is 0.455. The molecule has 0 amide bonds. The molecule has 1 aliphatic rings. The lowest BCUT2D eigenvalue weighted by atomic mass is 9.97. The van der Waals surface area contributed by atoms with Crippen LogP contribution in [0, 0.1) is 0 Å². The Morgan fingerprint density at radius 3 is 2.72 bits per heavy atom. The van der Waals surface area contributed by atoms with Crippen molar-refractivity contribution in [2.24, 2.45) is 0 Å². The lowest BCUT2D eigenvalue weighted by Crippen LogP contribution is -1.93. The van der Waals surface area contributed by atoms with Crippen LogP contribution < -0.4 is 0 Å². The summed E-state index contributed by atoms with van der Waals surface area (Å²) in [6.07, 6.45) is 10.8. The molecule has 0 heterocycles. The summed E-state index contributed by atoms with van der Waals surface area (Å²) in [4.78, 5) is 0. The second-order valence-corrected chi connectivity index (χ2v) is 6.37. The molecule has 0 N–H and O–H groups in total. The molecule has 0 spiro atoms. The van der Waals surface area contributed by atoms with E-state index in [9.17, 15) is 0 Å². The second kappa shape index (κ2) is 6.71. The number of hydrogen-bond acceptors (Lipinski definition) is 0. The van der Waals surface area contributed by atoms with Crippen LogP contribution in [0.2, 0.25) is 0 Å². The topological polar surface area (TPSA) is 0 Å². The van der Waals surface area contributed by atoms with E-state index >= 15 is 0 Å². The van der Waals surface area contributed by atoms with Crippen LogP contribution in [-0.2, 0) is 0 Å². The predicted molar refractivity (Wildman–Crippen MR) is 85.7 cm³/mol. The Labute approximate surface area is 112 Å². The number of allylic oxidation sites excluding steroid dienone is 5. The van der Waals surface area contributed by atoms with E-state index in [1.165, 1.54) is 29.3 Å². The lowest BCUT2D eigenvalue weighted by Gasteiger charge is -2.12. The summed E-state index contributed by atoms with van der Waals surface area (Å²) in [5, 5.41) is 1.60. The fourth-order valence-corrected chi connectivity index (χ4v) is 3.58. The van der Waals surface area contributed by atoms with Crippen LogP contribution in [0.5, 0.6) is 0 Å². The molecule has 94 valence electrons. The summed E-state index contributed by atoms with van der Waals surface area (Å²) >= 11 is 0. The average molecular weight is 257 g/mol. The van der Waals surface area contributed by atoms with E-state index in [4.69, 9.17) is 0 Å². The van der Waals surface area contributed by atoms with Gasteiger partial charge in [-0.25, -0.2) is 0 Å². The van der Waals surface area contributed by atoms with Crippen LogP contribution in [0.25, 0.3) is 6.08 Å². The molecule has 18 heavy (non-hydrogen) atoms. The molecule has 0 fully saturated rings. The smallest absolute Gasteiger partial charge is 0.0762 e. The third-order valence-electron chi connectivity index (χ3n) is 3.34. The molecule has 0 aliphatic heterocycles.